The lowest BCUT2D eigenvalue weighted by atomic mass is 10.1. The summed E-state index contributed by atoms with van der Waals surface area (Å²) >= 11 is 7.47. The monoisotopic (exact) mass is 439 g/mol. The minimum atomic E-state index is -0.181. The molecule has 9 heteroatoms. The average Bonchev–Trinajstić information content (AvgIpc) is 3.43. The maximum atomic E-state index is 12.9. The molecule has 1 aromatic carbocycles. The van der Waals surface area contributed by atoms with Gasteiger partial charge in [0, 0.05) is 18.3 Å². The van der Waals surface area contributed by atoms with Crippen LogP contribution in [0, 0.1) is 0 Å². The Bertz CT molecular complexity index is 1520. The summed E-state index contributed by atoms with van der Waals surface area (Å²) in [7, 11) is 3.10. The molecule has 5 rings (SSSR count). The second kappa shape index (κ2) is 7.16. The first-order valence-electron chi connectivity index (χ1n) is 8.88. The molecule has 0 atom stereocenters. The van der Waals surface area contributed by atoms with Crippen LogP contribution in [0.4, 0.5) is 0 Å². The molecule has 0 radical (unpaired) electrons. The molecule has 4 heterocycles. The molecule has 150 valence electrons. The smallest absolute Gasteiger partial charge is 0.276 e. The summed E-state index contributed by atoms with van der Waals surface area (Å²) in [5.74, 6) is 2.15. The third-order valence-corrected chi connectivity index (χ3v) is 5.90. The predicted octanol–water partition coefficient (Wildman–Crippen LogP) is 3.78. The van der Waals surface area contributed by atoms with Gasteiger partial charge in [0.25, 0.3) is 5.56 Å². The van der Waals surface area contributed by atoms with Crippen LogP contribution in [0.5, 0.6) is 11.5 Å². The van der Waals surface area contributed by atoms with Gasteiger partial charge in [-0.15, -0.1) is 0 Å². The molecule has 0 bridgehead atoms. The number of hydrogen-bond donors (Lipinski definition) is 0. The Morgan fingerprint density at radius 1 is 1.17 bits per heavy atom. The average molecular weight is 440 g/mol. The Hall–Kier alpha value is -3.36. The van der Waals surface area contributed by atoms with Crippen molar-refractivity contribution in [2.75, 3.05) is 14.2 Å². The number of thiazole rings is 1. The highest BCUT2D eigenvalue weighted by molar-refractivity contribution is 7.15. The van der Waals surface area contributed by atoms with Gasteiger partial charge in [-0.05, 0) is 30.3 Å². The van der Waals surface area contributed by atoms with Crippen LogP contribution in [0.2, 0.25) is 5.02 Å². The van der Waals surface area contributed by atoms with E-state index < -0.39 is 0 Å². The number of ether oxygens (including phenoxy) is 2. The highest BCUT2D eigenvalue weighted by Crippen LogP contribution is 2.39. The number of pyridine rings is 1. The van der Waals surface area contributed by atoms with E-state index in [1.807, 2.05) is 6.07 Å². The zero-order valence-electron chi connectivity index (χ0n) is 15.9. The van der Waals surface area contributed by atoms with Gasteiger partial charge in [-0.25, -0.2) is 14.4 Å². The molecule has 4 aromatic heterocycles. The van der Waals surface area contributed by atoms with Gasteiger partial charge in [-0.3, -0.25) is 4.79 Å². The highest BCUT2D eigenvalue weighted by atomic mass is 35.5. The predicted molar refractivity (Wildman–Crippen MR) is 116 cm³/mol. The molecule has 7 nitrogen and oxygen atoms in total. The molecule has 5 aromatic rings. The third-order valence-electron chi connectivity index (χ3n) is 4.64. The SMILES string of the molecule is COc1cc(-c2ccc(/C=c3/sc4nc5cccnc5n4c3=O)o2)c(OC)cc1Cl. The summed E-state index contributed by atoms with van der Waals surface area (Å²) in [4.78, 5) is 22.2. The van der Waals surface area contributed by atoms with Gasteiger partial charge >= 0.3 is 0 Å². The van der Waals surface area contributed by atoms with Crippen molar-refractivity contribution in [2.24, 2.45) is 0 Å². The van der Waals surface area contributed by atoms with Crippen molar-refractivity contribution in [1.82, 2.24) is 14.4 Å². The van der Waals surface area contributed by atoms with Gasteiger partial charge in [0.1, 0.15) is 33.1 Å². The maximum Gasteiger partial charge on any atom is 0.276 e. The van der Waals surface area contributed by atoms with Crippen molar-refractivity contribution in [3.05, 3.63) is 68.3 Å². The van der Waals surface area contributed by atoms with E-state index >= 15 is 0 Å². The number of furan rings is 1. The van der Waals surface area contributed by atoms with Crippen molar-refractivity contribution in [3.8, 4) is 22.8 Å². The number of fused-ring (bicyclic) bond motifs is 3. The molecule has 30 heavy (non-hydrogen) atoms. The summed E-state index contributed by atoms with van der Waals surface area (Å²) in [5, 5.41) is 0.440. The van der Waals surface area contributed by atoms with Crippen LogP contribution >= 0.6 is 22.9 Å². The number of hydrogen-bond acceptors (Lipinski definition) is 7. The second-order valence-electron chi connectivity index (χ2n) is 6.38. The number of imidazole rings is 1. The quantitative estimate of drug-likeness (QED) is 0.424. The first-order chi connectivity index (χ1) is 14.6. The Labute approximate surface area is 178 Å². The molecular formula is C21H14ClN3O4S. The molecule has 0 amide bonds. The Morgan fingerprint density at radius 3 is 2.80 bits per heavy atom. The van der Waals surface area contributed by atoms with Crippen molar-refractivity contribution in [1.29, 1.82) is 0 Å². The van der Waals surface area contributed by atoms with E-state index in [1.165, 1.54) is 15.7 Å². The van der Waals surface area contributed by atoms with E-state index in [4.69, 9.17) is 25.5 Å². The molecule has 0 aliphatic carbocycles. The van der Waals surface area contributed by atoms with Gasteiger partial charge in [0.15, 0.2) is 10.6 Å². The molecule has 0 saturated carbocycles. The number of aromatic nitrogens is 3. The molecule has 0 aliphatic heterocycles. The van der Waals surface area contributed by atoms with E-state index in [0.717, 1.165) is 0 Å². The molecule has 0 saturated heterocycles. The summed E-state index contributed by atoms with van der Waals surface area (Å²) in [6, 6.07) is 10.6. The lowest BCUT2D eigenvalue weighted by Gasteiger charge is -2.10. The van der Waals surface area contributed by atoms with E-state index in [1.54, 1.807) is 56.8 Å². The number of benzene rings is 1. The van der Waals surface area contributed by atoms with Crippen molar-refractivity contribution in [2.45, 2.75) is 0 Å². The summed E-state index contributed by atoms with van der Waals surface area (Å²) in [6.45, 7) is 0. The number of rotatable bonds is 4. The van der Waals surface area contributed by atoms with E-state index in [0.29, 0.717) is 54.3 Å². The molecule has 0 unspecified atom stereocenters. The van der Waals surface area contributed by atoms with E-state index in [-0.39, 0.29) is 5.56 Å². The minimum Gasteiger partial charge on any atom is -0.496 e. The molecule has 0 aliphatic rings. The van der Waals surface area contributed by atoms with Crippen LogP contribution in [0.3, 0.4) is 0 Å². The van der Waals surface area contributed by atoms with E-state index in [2.05, 4.69) is 9.97 Å². The molecule has 0 spiro atoms. The summed E-state index contributed by atoms with van der Waals surface area (Å²) < 4.78 is 18.7. The minimum absolute atomic E-state index is 0.181. The molecular weight excluding hydrogens is 426 g/mol. The lowest BCUT2D eigenvalue weighted by Crippen LogP contribution is -2.22. The van der Waals surface area contributed by atoms with E-state index in [9.17, 15) is 4.79 Å². The largest absolute Gasteiger partial charge is 0.496 e. The second-order valence-corrected chi connectivity index (χ2v) is 7.80. The van der Waals surface area contributed by atoms with Gasteiger partial charge in [-0.1, -0.05) is 22.9 Å². The molecule has 0 N–H and O–H groups in total. The fourth-order valence-corrected chi connectivity index (χ4v) is 4.43. The van der Waals surface area contributed by atoms with Crippen molar-refractivity contribution >= 4 is 45.1 Å². The Kier molecular flexibility index (Phi) is 4.45. The Morgan fingerprint density at radius 2 is 2.00 bits per heavy atom. The van der Waals surface area contributed by atoms with Crippen LogP contribution in [0.15, 0.2) is 51.8 Å². The highest BCUT2D eigenvalue weighted by Gasteiger charge is 2.16. The van der Waals surface area contributed by atoms with Crippen molar-refractivity contribution < 1.29 is 13.9 Å². The summed E-state index contributed by atoms with van der Waals surface area (Å²) in [5.41, 5.74) is 1.75. The first kappa shape index (κ1) is 18.7. The fraction of sp³-hybridized carbons (Fsp3) is 0.0952. The first-order valence-corrected chi connectivity index (χ1v) is 10.1. The number of halogens is 1. The number of nitrogens with zero attached hydrogens (tertiary/aromatic N) is 3. The standard InChI is InChI=1S/C21H14ClN3O4S/c1-27-16-10-13(22)17(28-2)9-12(16)15-6-5-11(29-15)8-18-20(26)25-19-14(4-3-7-23-19)24-21(25)30-18/h3-10H,1-2H3/b18-8+. The topological polar surface area (TPSA) is 78.9 Å². The van der Waals surface area contributed by atoms with Crippen LogP contribution in [-0.4, -0.2) is 28.6 Å². The summed E-state index contributed by atoms with van der Waals surface area (Å²) in [6.07, 6.45) is 3.34. The van der Waals surface area contributed by atoms with Gasteiger partial charge in [-0.2, -0.15) is 0 Å². The van der Waals surface area contributed by atoms with Crippen LogP contribution in [-0.2, 0) is 0 Å². The lowest BCUT2D eigenvalue weighted by molar-refractivity contribution is 0.403. The van der Waals surface area contributed by atoms with Gasteiger partial charge in [0.2, 0.25) is 0 Å². The van der Waals surface area contributed by atoms with Crippen molar-refractivity contribution in [3.63, 3.8) is 0 Å². The Balaban J connectivity index is 1.61. The zero-order chi connectivity index (χ0) is 20.8. The van der Waals surface area contributed by atoms with Crippen LogP contribution in [0.25, 0.3) is 33.5 Å². The van der Waals surface area contributed by atoms with Crippen LogP contribution in [0.1, 0.15) is 5.76 Å². The van der Waals surface area contributed by atoms with Gasteiger partial charge < -0.3 is 13.9 Å². The normalized spacial score (nSPS) is 12.2. The number of methoxy groups -OCH3 is 2. The maximum absolute atomic E-state index is 12.9. The fourth-order valence-electron chi connectivity index (χ4n) is 3.24. The molecule has 0 fully saturated rings. The van der Waals surface area contributed by atoms with Gasteiger partial charge in [0.05, 0.1) is 24.8 Å². The zero-order valence-corrected chi connectivity index (χ0v) is 17.5. The third kappa shape index (κ3) is 2.92. The van der Waals surface area contributed by atoms with Crippen LogP contribution < -0.4 is 19.6 Å².